The number of fused-ring (bicyclic) bond motifs is 1. The van der Waals surface area contributed by atoms with E-state index in [-0.39, 0.29) is 17.6 Å². The van der Waals surface area contributed by atoms with Gasteiger partial charge >= 0.3 is 16.2 Å². The Morgan fingerprint density at radius 3 is 2.56 bits per heavy atom. The van der Waals surface area contributed by atoms with Gasteiger partial charge in [0.2, 0.25) is 0 Å². The summed E-state index contributed by atoms with van der Waals surface area (Å²) < 4.78 is 43.2. The van der Waals surface area contributed by atoms with Gasteiger partial charge in [0.15, 0.2) is 5.03 Å². The number of hydrogen-bond acceptors (Lipinski definition) is 7. The smallest absolute Gasteiger partial charge is 0.410 e. The summed E-state index contributed by atoms with van der Waals surface area (Å²) in [4.78, 5) is 20.5. The molecule has 9 nitrogen and oxygen atoms in total. The lowest BCUT2D eigenvalue weighted by molar-refractivity contribution is -0.0104. The first-order valence-electron chi connectivity index (χ1n) is 8.81. The molecule has 0 saturated carbocycles. The fourth-order valence-corrected chi connectivity index (χ4v) is 3.71. The number of rotatable bonds is 2. The van der Waals surface area contributed by atoms with Gasteiger partial charge in [-0.15, -0.1) is 0 Å². The maximum absolute atomic E-state index is 12.6. The average molecular weight is 399 g/mol. The summed E-state index contributed by atoms with van der Waals surface area (Å²) in [6.45, 7) is 8.40. The molecule has 0 aliphatic carbocycles. The molecule has 1 aromatic heterocycles. The van der Waals surface area contributed by atoms with E-state index in [1.165, 1.54) is 6.07 Å². The number of carbonyl (C=O) groups is 1. The normalized spacial score (nSPS) is 21.6. The predicted octanol–water partition coefficient (Wildman–Crippen LogP) is 1.45. The summed E-state index contributed by atoms with van der Waals surface area (Å²) in [5.74, 6) is 0. The van der Waals surface area contributed by atoms with Gasteiger partial charge < -0.3 is 14.4 Å². The van der Waals surface area contributed by atoms with Crippen LogP contribution in [0.5, 0.6) is 0 Å². The number of nitrogens with zero attached hydrogens (tertiary/aromatic N) is 3. The monoisotopic (exact) mass is 399 g/mol. The Morgan fingerprint density at radius 1 is 1.30 bits per heavy atom. The highest BCUT2D eigenvalue weighted by Crippen LogP contribution is 2.32. The number of amides is 1. The van der Waals surface area contributed by atoms with Gasteiger partial charge in [0.1, 0.15) is 5.60 Å². The maximum atomic E-state index is 12.6. The van der Waals surface area contributed by atoms with Crippen molar-refractivity contribution >= 4 is 16.2 Å². The van der Waals surface area contributed by atoms with Crippen LogP contribution in [-0.2, 0) is 26.1 Å². The van der Waals surface area contributed by atoms with Gasteiger partial charge in [-0.3, -0.25) is 9.45 Å². The molecular formula is C17H25N3O6S. The van der Waals surface area contributed by atoms with Gasteiger partial charge in [-0.05, 0) is 32.4 Å². The minimum absolute atomic E-state index is 0.268. The standard InChI is InChI=1S/C17H25N3O6S/c1-17(2,3)26-16(21)20-10-12-4-5-14(27(22,23)24)18-15(12)13(11-20)19-6-8-25-9-7-19/h4-5,13H,6-11H2,1-3H3,(H,22,23,24). The van der Waals surface area contributed by atoms with Crippen molar-refractivity contribution < 1.29 is 27.2 Å². The van der Waals surface area contributed by atoms with E-state index in [2.05, 4.69) is 9.88 Å². The minimum Gasteiger partial charge on any atom is -0.444 e. The second kappa shape index (κ2) is 7.34. The van der Waals surface area contributed by atoms with Crippen molar-refractivity contribution in [1.82, 2.24) is 14.8 Å². The van der Waals surface area contributed by atoms with Crippen LogP contribution in [0.1, 0.15) is 38.1 Å². The van der Waals surface area contributed by atoms with Crippen LogP contribution < -0.4 is 0 Å². The molecule has 10 heteroatoms. The third-order valence-corrected chi connectivity index (χ3v) is 5.22. The molecule has 1 fully saturated rings. The molecule has 0 spiro atoms. The van der Waals surface area contributed by atoms with E-state index in [0.717, 1.165) is 5.56 Å². The van der Waals surface area contributed by atoms with E-state index in [0.29, 0.717) is 38.5 Å². The molecule has 0 bridgehead atoms. The number of ether oxygens (including phenoxy) is 2. The highest BCUT2D eigenvalue weighted by molar-refractivity contribution is 7.85. The molecule has 2 aliphatic rings. The Labute approximate surface area is 159 Å². The highest BCUT2D eigenvalue weighted by atomic mass is 32.2. The van der Waals surface area contributed by atoms with Crippen molar-refractivity contribution in [2.75, 3.05) is 32.8 Å². The first kappa shape index (κ1) is 20.0. The molecule has 1 saturated heterocycles. The average Bonchev–Trinajstić information content (AvgIpc) is 2.58. The summed E-state index contributed by atoms with van der Waals surface area (Å²) in [7, 11) is -4.40. The molecular weight excluding hydrogens is 374 g/mol. The molecule has 3 rings (SSSR count). The van der Waals surface area contributed by atoms with Gasteiger partial charge in [0, 0.05) is 19.6 Å². The van der Waals surface area contributed by atoms with Crippen molar-refractivity contribution in [2.45, 2.75) is 44.0 Å². The van der Waals surface area contributed by atoms with Gasteiger partial charge in [-0.25, -0.2) is 9.78 Å². The van der Waals surface area contributed by atoms with E-state index < -0.39 is 21.8 Å². The summed E-state index contributed by atoms with van der Waals surface area (Å²) in [6.07, 6.45) is -0.426. The van der Waals surface area contributed by atoms with Crippen LogP contribution in [0.2, 0.25) is 0 Å². The number of carbonyl (C=O) groups excluding carboxylic acids is 1. The highest BCUT2D eigenvalue weighted by Gasteiger charge is 2.36. The number of hydrogen-bond donors (Lipinski definition) is 1. The van der Waals surface area contributed by atoms with E-state index in [1.54, 1.807) is 11.0 Å². The molecule has 1 amide bonds. The van der Waals surface area contributed by atoms with E-state index in [9.17, 15) is 17.8 Å². The maximum Gasteiger partial charge on any atom is 0.410 e. The fourth-order valence-electron chi connectivity index (χ4n) is 3.26. The predicted molar refractivity (Wildman–Crippen MR) is 95.8 cm³/mol. The van der Waals surface area contributed by atoms with E-state index in [1.807, 2.05) is 20.8 Å². The Hall–Kier alpha value is -1.75. The second-order valence-electron chi connectivity index (χ2n) is 7.69. The number of aromatic nitrogens is 1. The first-order valence-corrected chi connectivity index (χ1v) is 10.3. The summed E-state index contributed by atoms with van der Waals surface area (Å²) in [6, 6.07) is 2.55. The second-order valence-corrected chi connectivity index (χ2v) is 9.06. The zero-order chi connectivity index (χ0) is 19.8. The van der Waals surface area contributed by atoms with Gasteiger partial charge in [-0.1, -0.05) is 6.07 Å². The third-order valence-electron chi connectivity index (χ3n) is 4.46. The van der Waals surface area contributed by atoms with Crippen LogP contribution in [0.15, 0.2) is 17.2 Å². The molecule has 2 aliphatic heterocycles. The summed E-state index contributed by atoms with van der Waals surface area (Å²) in [5.41, 5.74) is 0.682. The van der Waals surface area contributed by atoms with Crippen molar-refractivity contribution in [2.24, 2.45) is 0 Å². The molecule has 1 atom stereocenters. The Balaban J connectivity index is 1.95. The molecule has 1 aromatic rings. The van der Waals surface area contributed by atoms with Crippen LogP contribution >= 0.6 is 0 Å². The molecule has 3 heterocycles. The van der Waals surface area contributed by atoms with Crippen LogP contribution in [0.4, 0.5) is 4.79 Å². The van der Waals surface area contributed by atoms with Crippen LogP contribution in [0.3, 0.4) is 0 Å². The zero-order valence-electron chi connectivity index (χ0n) is 15.7. The summed E-state index contributed by atoms with van der Waals surface area (Å²) >= 11 is 0. The lowest BCUT2D eigenvalue weighted by atomic mass is 9.99. The first-order chi connectivity index (χ1) is 12.5. The van der Waals surface area contributed by atoms with Crippen molar-refractivity contribution in [3.63, 3.8) is 0 Å². The van der Waals surface area contributed by atoms with Crippen LogP contribution in [0, 0.1) is 0 Å². The largest absolute Gasteiger partial charge is 0.444 e. The van der Waals surface area contributed by atoms with Crippen molar-refractivity contribution in [1.29, 1.82) is 0 Å². The van der Waals surface area contributed by atoms with Crippen LogP contribution in [-0.4, -0.2) is 72.3 Å². The molecule has 1 unspecified atom stereocenters. The minimum atomic E-state index is -4.40. The zero-order valence-corrected chi connectivity index (χ0v) is 16.5. The third kappa shape index (κ3) is 4.75. The lowest BCUT2D eigenvalue weighted by Gasteiger charge is -2.41. The van der Waals surface area contributed by atoms with Crippen molar-refractivity contribution in [3.05, 3.63) is 23.4 Å². The quantitative estimate of drug-likeness (QED) is 0.745. The molecule has 150 valence electrons. The Bertz CT molecular complexity index is 814. The van der Waals surface area contributed by atoms with Gasteiger partial charge in [0.05, 0.1) is 31.5 Å². The topological polar surface area (TPSA) is 109 Å². The molecule has 0 aromatic carbocycles. The van der Waals surface area contributed by atoms with Crippen molar-refractivity contribution in [3.8, 4) is 0 Å². The van der Waals surface area contributed by atoms with E-state index in [4.69, 9.17) is 9.47 Å². The summed E-state index contributed by atoms with van der Waals surface area (Å²) in [5, 5.41) is -0.384. The number of pyridine rings is 1. The Kier molecular flexibility index (Phi) is 5.44. The lowest BCUT2D eigenvalue weighted by Crippen LogP contribution is -2.49. The van der Waals surface area contributed by atoms with E-state index >= 15 is 0 Å². The SMILES string of the molecule is CC(C)(C)OC(=O)N1Cc2ccc(S(=O)(=O)O)nc2C(N2CCOCC2)C1. The molecule has 0 radical (unpaired) electrons. The van der Waals surface area contributed by atoms with Gasteiger partial charge in [0.25, 0.3) is 0 Å². The molecule has 1 N–H and O–H groups in total. The van der Waals surface area contributed by atoms with Crippen LogP contribution in [0.25, 0.3) is 0 Å². The van der Waals surface area contributed by atoms with Gasteiger partial charge in [-0.2, -0.15) is 8.42 Å². The fraction of sp³-hybridized carbons (Fsp3) is 0.647. The Morgan fingerprint density at radius 2 is 1.96 bits per heavy atom. The number of morpholine rings is 1. The molecule has 27 heavy (non-hydrogen) atoms.